The normalized spacial score (nSPS) is 9.89. The second-order valence-electron chi connectivity index (χ2n) is 3.20. The molecule has 0 spiro atoms. The van der Waals surface area contributed by atoms with Gasteiger partial charge < -0.3 is 20.7 Å². The standard InChI is InChI=1S/C9H9Cl2N3O4/c10-4-1-5(14-8(4)11)9(18)13-2-6(15)12-3-7(16)17/h1,14H,2-3H2,(H,12,15)(H,13,18)(H,16,17). The first-order chi connectivity index (χ1) is 8.40. The lowest BCUT2D eigenvalue weighted by Gasteiger charge is -2.03. The fourth-order valence-electron chi connectivity index (χ4n) is 1.02. The maximum absolute atomic E-state index is 11.5. The Labute approximate surface area is 111 Å². The number of hydrogen-bond donors (Lipinski definition) is 4. The number of nitrogens with one attached hydrogen (secondary N) is 3. The molecule has 0 bridgehead atoms. The van der Waals surface area contributed by atoms with Crippen molar-refractivity contribution in [1.29, 1.82) is 0 Å². The molecule has 9 heteroatoms. The van der Waals surface area contributed by atoms with E-state index < -0.39 is 24.3 Å². The van der Waals surface area contributed by atoms with Crippen molar-refractivity contribution in [3.05, 3.63) is 21.9 Å². The first-order valence-electron chi connectivity index (χ1n) is 4.71. The van der Waals surface area contributed by atoms with Crippen molar-refractivity contribution in [2.45, 2.75) is 0 Å². The molecule has 18 heavy (non-hydrogen) atoms. The van der Waals surface area contributed by atoms with Gasteiger partial charge in [-0.1, -0.05) is 23.2 Å². The number of H-pyrrole nitrogens is 1. The van der Waals surface area contributed by atoms with Crippen LogP contribution >= 0.6 is 23.2 Å². The highest BCUT2D eigenvalue weighted by Crippen LogP contribution is 2.21. The number of carbonyl (C=O) groups excluding carboxylic acids is 2. The maximum atomic E-state index is 11.5. The van der Waals surface area contributed by atoms with Crippen LogP contribution in [0.15, 0.2) is 6.07 Å². The molecule has 1 heterocycles. The number of aromatic nitrogens is 1. The molecule has 1 rings (SSSR count). The van der Waals surface area contributed by atoms with Gasteiger partial charge in [-0.3, -0.25) is 14.4 Å². The van der Waals surface area contributed by atoms with Crippen LogP contribution < -0.4 is 10.6 Å². The minimum Gasteiger partial charge on any atom is -0.480 e. The third-order valence-corrected chi connectivity index (χ3v) is 2.51. The van der Waals surface area contributed by atoms with Crippen LogP contribution in [0.4, 0.5) is 0 Å². The zero-order valence-electron chi connectivity index (χ0n) is 8.92. The first kappa shape index (κ1) is 14.3. The van der Waals surface area contributed by atoms with Gasteiger partial charge in [0.05, 0.1) is 11.6 Å². The summed E-state index contributed by atoms with van der Waals surface area (Å²) in [5.41, 5.74) is 0.107. The van der Waals surface area contributed by atoms with Crippen LogP contribution in [-0.4, -0.2) is 41.0 Å². The number of carboxylic acid groups (broad SMARTS) is 1. The van der Waals surface area contributed by atoms with Crippen LogP contribution in [-0.2, 0) is 9.59 Å². The molecule has 2 amide bonds. The largest absolute Gasteiger partial charge is 0.480 e. The molecule has 0 atom stereocenters. The van der Waals surface area contributed by atoms with Crippen molar-refractivity contribution in [3.8, 4) is 0 Å². The summed E-state index contributed by atoms with van der Waals surface area (Å²) in [4.78, 5) is 35.3. The van der Waals surface area contributed by atoms with E-state index >= 15 is 0 Å². The number of amides is 2. The van der Waals surface area contributed by atoms with Gasteiger partial charge >= 0.3 is 5.97 Å². The number of aromatic amines is 1. The number of carbonyl (C=O) groups is 3. The fourth-order valence-corrected chi connectivity index (χ4v) is 1.33. The van der Waals surface area contributed by atoms with Crippen LogP contribution in [0.25, 0.3) is 0 Å². The molecule has 1 aromatic rings. The van der Waals surface area contributed by atoms with Crippen molar-refractivity contribution < 1.29 is 19.5 Å². The van der Waals surface area contributed by atoms with Crippen LogP contribution in [0.5, 0.6) is 0 Å². The molecule has 0 aliphatic carbocycles. The van der Waals surface area contributed by atoms with E-state index in [2.05, 4.69) is 15.6 Å². The van der Waals surface area contributed by atoms with Gasteiger partial charge in [0.2, 0.25) is 5.91 Å². The highest BCUT2D eigenvalue weighted by Gasteiger charge is 2.12. The summed E-state index contributed by atoms with van der Waals surface area (Å²) < 4.78 is 0. The van der Waals surface area contributed by atoms with Crippen molar-refractivity contribution in [1.82, 2.24) is 15.6 Å². The lowest BCUT2D eigenvalue weighted by atomic mass is 10.4. The van der Waals surface area contributed by atoms with E-state index in [9.17, 15) is 14.4 Å². The molecule has 0 aliphatic heterocycles. The minimum absolute atomic E-state index is 0.107. The molecule has 98 valence electrons. The molecular weight excluding hydrogens is 285 g/mol. The Morgan fingerprint density at radius 1 is 1.22 bits per heavy atom. The molecule has 0 unspecified atom stereocenters. The maximum Gasteiger partial charge on any atom is 0.322 e. The number of carboxylic acids is 1. The van der Waals surface area contributed by atoms with Crippen molar-refractivity contribution in [2.75, 3.05) is 13.1 Å². The number of hydrogen-bond acceptors (Lipinski definition) is 3. The second-order valence-corrected chi connectivity index (χ2v) is 3.98. The van der Waals surface area contributed by atoms with Gasteiger partial charge in [-0.05, 0) is 6.07 Å². The van der Waals surface area contributed by atoms with Crippen molar-refractivity contribution in [2.24, 2.45) is 0 Å². The lowest BCUT2D eigenvalue weighted by molar-refractivity contribution is -0.137. The first-order valence-corrected chi connectivity index (χ1v) is 5.46. The van der Waals surface area contributed by atoms with Gasteiger partial charge in [-0.25, -0.2) is 0 Å². The molecule has 0 saturated carbocycles. The minimum atomic E-state index is -1.17. The van der Waals surface area contributed by atoms with E-state index in [4.69, 9.17) is 28.3 Å². The van der Waals surface area contributed by atoms with E-state index in [1.165, 1.54) is 6.07 Å². The highest BCUT2D eigenvalue weighted by molar-refractivity contribution is 6.41. The summed E-state index contributed by atoms with van der Waals surface area (Å²) in [5, 5.41) is 13.0. The van der Waals surface area contributed by atoms with Crippen molar-refractivity contribution >= 4 is 41.0 Å². The molecule has 0 saturated heterocycles. The molecule has 1 aromatic heterocycles. The Bertz CT molecular complexity index is 467. The summed E-state index contributed by atoms with van der Waals surface area (Å²) in [6, 6.07) is 1.31. The van der Waals surface area contributed by atoms with Gasteiger partial charge in [0.25, 0.3) is 5.91 Å². The lowest BCUT2D eigenvalue weighted by Crippen LogP contribution is -2.39. The SMILES string of the molecule is O=C(O)CNC(=O)CNC(=O)c1cc(Cl)c(Cl)[nH]1. The molecule has 0 radical (unpaired) electrons. The number of rotatable bonds is 5. The zero-order chi connectivity index (χ0) is 13.7. The zero-order valence-corrected chi connectivity index (χ0v) is 10.4. The topological polar surface area (TPSA) is 111 Å². The van der Waals surface area contributed by atoms with Gasteiger partial charge in [0.1, 0.15) is 17.4 Å². The predicted octanol–water partition coefficient (Wildman–Crippen LogP) is 0.252. The fraction of sp³-hybridized carbons (Fsp3) is 0.222. The summed E-state index contributed by atoms with van der Waals surface area (Å²) >= 11 is 11.2. The molecule has 7 nitrogen and oxygen atoms in total. The summed E-state index contributed by atoms with van der Waals surface area (Å²) in [7, 11) is 0. The monoisotopic (exact) mass is 293 g/mol. The van der Waals surface area contributed by atoms with E-state index in [1.807, 2.05) is 0 Å². The third-order valence-electron chi connectivity index (χ3n) is 1.82. The molecule has 0 fully saturated rings. The quantitative estimate of drug-likeness (QED) is 0.623. The Morgan fingerprint density at radius 3 is 2.39 bits per heavy atom. The molecular formula is C9H9Cl2N3O4. The average molecular weight is 294 g/mol. The molecule has 0 aromatic carbocycles. The third kappa shape index (κ3) is 4.27. The van der Waals surface area contributed by atoms with Crippen LogP contribution in [0.2, 0.25) is 10.2 Å². The Morgan fingerprint density at radius 2 is 1.89 bits per heavy atom. The molecule has 4 N–H and O–H groups in total. The van der Waals surface area contributed by atoms with E-state index in [1.54, 1.807) is 0 Å². The van der Waals surface area contributed by atoms with Crippen molar-refractivity contribution in [3.63, 3.8) is 0 Å². The Balaban J connectivity index is 2.41. The summed E-state index contributed by atoms with van der Waals surface area (Å²) in [6.45, 7) is -0.852. The number of aliphatic carboxylic acids is 1. The van der Waals surface area contributed by atoms with Crippen LogP contribution in [0.3, 0.4) is 0 Å². The van der Waals surface area contributed by atoms with Crippen LogP contribution in [0, 0.1) is 0 Å². The Hall–Kier alpha value is -1.73. The van der Waals surface area contributed by atoms with Gasteiger partial charge in [0.15, 0.2) is 0 Å². The Kier molecular flexibility index (Phi) is 4.99. The molecule has 0 aliphatic rings. The summed E-state index contributed by atoms with van der Waals surface area (Å²) in [6.07, 6.45) is 0. The average Bonchev–Trinajstić information content (AvgIpc) is 2.64. The van der Waals surface area contributed by atoms with Gasteiger partial charge in [0, 0.05) is 0 Å². The smallest absolute Gasteiger partial charge is 0.322 e. The van der Waals surface area contributed by atoms with E-state index in [0.717, 1.165) is 0 Å². The van der Waals surface area contributed by atoms with Gasteiger partial charge in [-0.15, -0.1) is 0 Å². The predicted molar refractivity (Wildman–Crippen MR) is 63.8 cm³/mol. The van der Waals surface area contributed by atoms with Gasteiger partial charge in [-0.2, -0.15) is 0 Å². The van der Waals surface area contributed by atoms with Crippen LogP contribution in [0.1, 0.15) is 10.5 Å². The highest BCUT2D eigenvalue weighted by atomic mass is 35.5. The summed E-state index contributed by atoms with van der Waals surface area (Å²) in [5.74, 6) is -2.36. The second kappa shape index (κ2) is 6.27. The van der Waals surface area contributed by atoms with E-state index in [0.29, 0.717) is 0 Å². The number of halogens is 2. The van der Waals surface area contributed by atoms with E-state index in [-0.39, 0.29) is 22.4 Å².